The second kappa shape index (κ2) is 13.2. The highest BCUT2D eigenvalue weighted by molar-refractivity contribution is 5.79. The molecule has 0 bridgehead atoms. The molecule has 0 aliphatic heterocycles. The van der Waals surface area contributed by atoms with Gasteiger partial charge in [0.1, 0.15) is 5.75 Å². The smallest absolute Gasteiger partial charge is 0.305 e. The van der Waals surface area contributed by atoms with Crippen LogP contribution in [0, 0.1) is 0 Å². The molecule has 0 aromatic heterocycles. The number of ether oxygens (including phenoxy) is 2. The Labute approximate surface area is 144 Å². The van der Waals surface area contributed by atoms with E-state index in [0.29, 0.717) is 32.7 Å². The third kappa shape index (κ3) is 9.71. The average Bonchev–Trinajstić information content (AvgIpc) is 2.59. The number of rotatable bonds is 11. The number of carbonyl (C=O) groups is 1. The molecule has 0 atom stereocenters. The largest absolute Gasteiger partial charge is 0.494 e. The minimum atomic E-state index is -0.153. The van der Waals surface area contributed by atoms with Crippen LogP contribution in [0.15, 0.2) is 35.3 Å². The van der Waals surface area contributed by atoms with Crippen LogP contribution in [0.2, 0.25) is 0 Å². The van der Waals surface area contributed by atoms with Crippen LogP contribution < -0.4 is 15.4 Å². The van der Waals surface area contributed by atoms with E-state index in [2.05, 4.69) is 15.6 Å². The van der Waals surface area contributed by atoms with Crippen molar-refractivity contribution in [2.24, 2.45) is 4.99 Å². The van der Waals surface area contributed by atoms with Crippen LogP contribution in [0.5, 0.6) is 5.75 Å². The molecule has 1 aromatic rings. The van der Waals surface area contributed by atoms with Crippen LogP contribution in [0.3, 0.4) is 0 Å². The minimum absolute atomic E-state index is 0.153. The molecule has 134 valence electrons. The maximum atomic E-state index is 11.3. The Hall–Kier alpha value is -2.24. The van der Waals surface area contributed by atoms with Crippen molar-refractivity contribution in [2.45, 2.75) is 33.1 Å². The summed E-state index contributed by atoms with van der Waals surface area (Å²) in [6.07, 6.45) is 1.99. The van der Waals surface area contributed by atoms with E-state index in [4.69, 9.17) is 9.47 Å². The van der Waals surface area contributed by atoms with Crippen molar-refractivity contribution in [1.29, 1.82) is 0 Å². The predicted octanol–water partition coefficient (Wildman–Crippen LogP) is 2.35. The zero-order valence-corrected chi connectivity index (χ0v) is 14.7. The van der Waals surface area contributed by atoms with Gasteiger partial charge in [0, 0.05) is 32.5 Å². The Balaban J connectivity index is 2.18. The third-order valence-corrected chi connectivity index (χ3v) is 3.08. The van der Waals surface area contributed by atoms with Crippen LogP contribution >= 0.6 is 0 Å². The fourth-order valence-electron chi connectivity index (χ4n) is 1.98. The molecule has 0 fully saturated rings. The first kappa shape index (κ1) is 19.8. The molecule has 0 unspecified atom stereocenters. The van der Waals surface area contributed by atoms with Crippen LogP contribution in [0.4, 0.5) is 0 Å². The number of para-hydroxylation sites is 1. The molecule has 1 rings (SSSR count). The van der Waals surface area contributed by atoms with E-state index in [1.807, 2.05) is 44.2 Å². The van der Waals surface area contributed by atoms with E-state index in [1.54, 1.807) is 0 Å². The Morgan fingerprint density at radius 2 is 1.92 bits per heavy atom. The van der Waals surface area contributed by atoms with Gasteiger partial charge >= 0.3 is 5.97 Å². The standard InChI is InChI=1S/C18H29N3O3/c1-3-19-18(20-13-8-12-17(22)23-4-2)21-14-9-15-24-16-10-6-5-7-11-16/h5-7,10-11H,3-4,8-9,12-15H2,1-2H3,(H2,19,20,21). The van der Waals surface area contributed by atoms with Crippen molar-refractivity contribution in [3.63, 3.8) is 0 Å². The Morgan fingerprint density at radius 1 is 1.12 bits per heavy atom. The fraction of sp³-hybridized carbons (Fsp3) is 0.556. The number of guanidine groups is 1. The number of esters is 1. The van der Waals surface area contributed by atoms with E-state index < -0.39 is 0 Å². The van der Waals surface area contributed by atoms with E-state index in [9.17, 15) is 4.79 Å². The highest BCUT2D eigenvalue weighted by Crippen LogP contribution is 2.08. The molecule has 0 saturated heterocycles. The van der Waals surface area contributed by atoms with Crippen molar-refractivity contribution in [1.82, 2.24) is 10.6 Å². The SMILES string of the molecule is CCNC(=NCCCOc1ccccc1)NCCCC(=O)OCC. The lowest BCUT2D eigenvalue weighted by Crippen LogP contribution is -2.38. The summed E-state index contributed by atoms with van der Waals surface area (Å²) in [6, 6.07) is 9.76. The van der Waals surface area contributed by atoms with E-state index in [0.717, 1.165) is 31.1 Å². The van der Waals surface area contributed by atoms with Gasteiger partial charge < -0.3 is 20.1 Å². The molecule has 1 aromatic carbocycles. The number of nitrogens with zero attached hydrogens (tertiary/aromatic N) is 1. The van der Waals surface area contributed by atoms with Crippen LogP contribution in [0.1, 0.15) is 33.1 Å². The maximum absolute atomic E-state index is 11.3. The molecule has 0 saturated carbocycles. The molecule has 0 aliphatic rings. The van der Waals surface area contributed by atoms with Gasteiger partial charge in [-0.1, -0.05) is 18.2 Å². The fourth-order valence-corrected chi connectivity index (χ4v) is 1.98. The first-order valence-corrected chi connectivity index (χ1v) is 8.62. The Morgan fingerprint density at radius 3 is 2.62 bits per heavy atom. The van der Waals surface area contributed by atoms with Gasteiger partial charge in [0.25, 0.3) is 0 Å². The predicted molar refractivity (Wildman–Crippen MR) is 96.4 cm³/mol. The zero-order chi connectivity index (χ0) is 17.5. The molecule has 0 amide bonds. The third-order valence-electron chi connectivity index (χ3n) is 3.08. The van der Waals surface area contributed by atoms with E-state index in [-0.39, 0.29) is 5.97 Å². The number of benzene rings is 1. The summed E-state index contributed by atoms with van der Waals surface area (Å²) in [7, 11) is 0. The van der Waals surface area contributed by atoms with Gasteiger partial charge in [0.2, 0.25) is 0 Å². The second-order valence-electron chi connectivity index (χ2n) is 5.11. The van der Waals surface area contributed by atoms with Gasteiger partial charge in [-0.2, -0.15) is 0 Å². The number of carbonyl (C=O) groups excluding carboxylic acids is 1. The minimum Gasteiger partial charge on any atom is -0.494 e. The number of hydrogen-bond donors (Lipinski definition) is 2. The zero-order valence-electron chi connectivity index (χ0n) is 14.7. The summed E-state index contributed by atoms with van der Waals surface area (Å²) in [5.74, 6) is 1.49. The lowest BCUT2D eigenvalue weighted by atomic mass is 10.3. The monoisotopic (exact) mass is 335 g/mol. The van der Waals surface area contributed by atoms with Crippen molar-refractivity contribution in [3.8, 4) is 5.75 Å². The molecule has 6 nitrogen and oxygen atoms in total. The highest BCUT2D eigenvalue weighted by Gasteiger charge is 2.02. The van der Waals surface area contributed by atoms with Crippen LogP contribution in [0.25, 0.3) is 0 Å². The topological polar surface area (TPSA) is 72.0 Å². The molecule has 0 spiro atoms. The normalized spacial score (nSPS) is 11.0. The van der Waals surface area contributed by atoms with E-state index >= 15 is 0 Å². The molecule has 0 radical (unpaired) electrons. The number of aliphatic imine (C=N–C) groups is 1. The summed E-state index contributed by atoms with van der Waals surface area (Å²) < 4.78 is 10.5. The number of hydrogen-bond acceptors (Lipinski definition) is 4. The van der Waals surface area contributed by atoms with Gasteiger partial charge in [-0.3, -0.25) is 9.79 Å². The molecule has 0 aliphatic carbocycles. The molecule has 24 heavy (non-hydrogen) atoms. The molecular formula is C18H29N3O3. The van der Waals surface area contributed by atoms with Crippen molar-refractivity contribution >= 4 is 11.9 Å². The summed E-state index contributed by atoms with van der Waals surface area (Å²) >= 11 is 0. The lowest BCUT2D eigenvalue weighted by Gasteiger charge is -2.11. The average molecular weight is 335 g/mol. The van der Waals surface area contributed by atoms with Gasteiger partial charge in [-0.25, -0.2) is 0 Å². The second-order valence-corrected chi connectivity index (χ2v) is 5.11. The van der Waals surface area contributed by atoms with Crippen LogP contribution in [-0.4, -0.2) is 44.8 Å². The first-order valence-electron chi connectivity index (χ1n) is 8.62. The highest BCUT2D eigenvalue weighted by atomic mass is 16.5. The maximum Gasteiger partial charge on any atom is 0.305 e. The Kier molecular flexibility index (Phi) is 10.9. The quantitative estimate of drug-likeness (QED) is 0.281. The van der Waals surface area contributed by atoms with Crippen molar-refractivity contribution in [3.05, 3.63) is 30.3 Å². The Bertz CT molecular complexity index is 478. The summed E-state index contributed by atoms with van der Waals surface area (Å²) in [4.78, 5) is 15.8. The van der Waals surface area contributed by atoms with Gasteiger partial charge in [0.15, 0.2) is 5.96 Å². The molecule has 0 heterocycles. The van der Waals surface area contributed by atoms with Gasteiger partial charge in [0.05, 0.1) is 13.2 Å². The van der Waals surface area contributed by atoms with E-state index in [1.165, 1.54) is 0 Å². The lowest BCUT2D eigenvalue weighted by molar-refractivity contribution is -0.143. The van der Waals surface area contributed by atoms with Gasteiger partial charge in [-0.15, -0.1) is 0 Å². The summed E-state index contributed by atoms with van der Waals surface area (Å²) in [5.41, 5.74) is 0. The van der Waals surface area contributed by atoms with Crippen molar-refractivity contribution < 1.29 is 14.3 Å². The van der Waals surface area contributed by atoms with Crippen molar-refractivity contribution in [2.75, 3.05) is 32.8 Å². The summed E-state index contributed by atoms with van der Waals surface area (Å²) in [5, 5.41) is 6.40. The molecular weight excluding hydrogens is 306 g/mol. The molecule has 2 N–H and O–H groups in total. The summed E-state index contributed by atoms with van der Waals surface area (Å²) in [6.45, 7) is 7.06. The van der Waals surface area contributed by atoms with Gasteiger partial charge in [-0.05, 0) is 32.4 Å². The molecule has 6 heteroatoms. The van der Waals surface area contributed by atoms with Crippen LogP contribution in [-0.2, 0) is 9.53 Å². The first-order chi connectivity index (χ1) is 11.8. The number of nitrogens with one attached hydrogen (secondary N) is 2.